The third-order valence-corrected chi connectivity index (χ3v) is 2.54. The molecule has 1 rings (SSSR count). The Bertz CT molecular complexity index is 265. The fraction of sp³-hybridized carbons (Fsp3) is 0.923. The summed E-state index contributed by atoms with van der Waals surface area (Å²) in [5.41, 5.74) is -0.723. The van der Waals surface area contributed by atoms with Gasteiger partial charge in [0.05, 0.1) is 5.54 Å². The molecular weight excluding hydrogens is 216 g/mol. The Morgan fingerprint density at radius 1 is 1.24 bits per heavy atom. The molecule has 4 heteroatoms. The van der Waals surface area contributed by atoms with Crippen LogP contribution in [-0.4, -0.2) is 30.3 Å². The van der Waals surface area contributed by atoms with Gasteiger partial charge in [-0.3, -0.25) is 0 Å². The summed E-state index contributed by atoms with van der Waals surface area (Å²) < 4.78 is 5.24. The van der Waals surface area contributed by atoms with Crippen molar-refractivity contribution in [3.8, 4) is 0 Å². The molecule has 1 amide bonds. The van der Waals surface area contributed by atoms with Crippen LogP contribution in [-0.2, 0) is 4.74 Å². The van der Waals surface area contributed by atoms with Crippen molar-refractivity contribution in [3.63, 3.8) is 0 Å². The van der Waals surface area contributed by atoms with E-state index in [0.717, 1.165) is 19.0 Å². The zero-order valence-corrected chi connectivity index (χ0v) is 11.7. The highest BCUT2D eigenvalue weighted by molar-refractivity contribution is 5.68. The number of carbonyl (C=O) groups excluding carboxylic acids is 1. The van der Waals surface area contributed by atoms with Crippen molar-refractivity contribution in [3.05, 3.63) is 0 Å². The topological polar surface area (TPSA) is 50.4 Å². The Labute approximate surface area is 104 Å². The van der Waals surface area contributed by atoms with Crippen LogP contribution in [0, 0.1) is 5.92 Å². The first-order valence-electron chi connectivity index (χ1n) is 6.40. The van der Waals surface area contributed by atoms with Crippen LogP contribution >= 0.6 is 0 Å². The lowest BCUT2D eigenvalue weighted by Crippen LogP contribution is -2.51. The fourth-order valence-electron chi connectivity index (χ4n) is 1.53. The van der Waals surface area contributed by atoms with Crippen molar-refractivity contribution in [2.24, 2.45) is 5.92 Å². The summed E-state index contributed by atoms with van der Waals surface area (Å²) in [6.07, 6.45) is 2.33. The second-order valence-corrected chi connectivity index (χ2v) is 6.59. The highest BCUT2D eigenvalue weighted by Crippen LogP contribution is 2.27. The first kappa shape index (κ1) is 14.3. The minimum absolute atomic E-state index is 0.281. The van der Waals surface area contributed by atoms with Gasteiger partial charge >= 0.3 is 6.09 Å². The average molecular weight is 242 g/mol. The maximum absolute atomic E-state index is 11.6. The number of hydrogen-bond acceptors (Lipinski definition) is 3. The minimum Gasteiger partial charge on any atom is -0.444 e. The van der Waals surface area contributed by atoms with Crippen molar-refractivity contribution < 1.29 is 9.53 Å². The van der Waals surface area contributed by atoms with Crippen LogP contribution in [0.3, 0.4) is 0 Å². The number of nitrogens with one attached hydrogen (secondary N) is 2. The monoisotopic (exact) mass is 242 g/mol. The van der Waals surface area contributed by atoms with E-state index in [1.807, 2.05) is 34.6 Å². The van der Waals surface area contributed by atoms with Crippen LogP contribution in [0.4, 0.5) is 4.79 Å². The summed E-state index contributed by atoms with van der Waals surface area (Å²) in [6.45, 7) is 11.4. The third-order valence-electron chi connectivity index (χ3n) is 2.54. The first-order chi connectivity index (χ1) is 7.68. The molecule has 0 aromatic rings. The third kappa shape index (κ3) is 7.21. The predicted octanol–water partition coefficient (Wildman–Crippen LogP) is 2.29. The Balaban J connectivity index is 2.23. The molecule has 0 spiro atoms. The molecule has 0 aliphatic heterocycles. The van der Waals surface area contributed by atoms with E-state index in [-0.39, 0.29) is 11.6 Å². The van der Waals surface area contributed by atoms with Crippen molar-refractivity contribution in [2.75, 3.05) is 13.1 Å². The Kier molecular flexibility index (Phi) is 4.42. The Hall–Kier alpha value is -0.770. The second-order valence-electron chi connectivity index (χ2n) is 6.59. The van der Waals surface area contributed by atoms with E-state index in [2.05, 4.69) is 10.6 Å². The number of rotatable bonds is 5. The number of ether oxygens (including phenoxy) is 1. The van der Waals surface area contributed by atoms with Crippen LogP contribution in [0.2, 0.25) is 0 Å². The molecule has 0 heterocycles. The summed E-state index contributed by atoms with van der Waals surface area (Å²) >= 11 is 0. The van der Waals surface area contributed by atoms with Crippen molar-refractivity contribution in [1.82, 2.24) is 10.6 Å². The van der Waals surface area contributed by atoms with Crippen LogP contribution < -0.4 is 10.6 Å². The van der Waals surface area contributed by atoms with E-state index >= 15 is 0 Å². The SMILES string of the molecule is CC(C)(CNCC1CC1)NC(=O)OC(C)(C)C. The zero-order chi connectivity index (χ0) is 13.1. The van der Waals surface area contributed by atoms with Gasteiger partial charge in [-0.25, -0.2) is 4.79 Å². The van der Waals surface area contributed by atoms with Gasteiger partial charge in [0.15, 0.2) is 0 Å². The molecule has 17 heavy (non-hydrogen) atoms. The molecule has 4 nitrogen and oxygen atoms in total. The molecular formula is C13H26N2O2. The van der Waals surface area contributed by atoms with Gasteiger partial charge in [-0.2, -0.15) is 0 Å². The van der Waals surface area contributed by atoms with E-state index in [4.69, 9.17) is 4.74 Å². The van der Waals surface area contributed by atoms with Gasteiger partial charge in [-0.05, 0) is 59.9 Å². The number of alkyl carbamates (subject to hydrolysis) is 1. The molecule has 100 valence electrons. The second kappa shape index (κ2) is 5.25. The zero-order valence-electron chi connectivity index (χ0n) is 11.7. The van der Waals surface area contributed by atoms with E-state index in [0.29, 0.717) is 0 Å². The maximum Gasteiger partial charge on any atom is 0.408 e. The quantitative estimate of drug-likeness (QED) is 0.777. The minimum atomic E-state index is -0.443. The van der Waals surface area contributed by atoms with Crippen LogP contribution in [0.15, 0.2) is 0 Å². The average Bonchev–Trinajstić information content (AvgIpc) is 2.81. The summed E-state index contributed by atoms with van der Waals surface area (Å²) in [4.78, 5) is 11.6. The highest BCUT2D eigenvalue weighted by atomic mass is 16.6. The van der Waals surface area contributed by atoms with Gasteiger partial charge in [0, 0.05) is 6.54 Å². The van der Waals surface area contributed by atoms with Crippen LogP contribution in [0.25, 0.3) is 0 Å². The molecule has 1 aliphatic carbocycles. The molecule has 0 bridgehead atoms. The van der Waals surface area contributed by atoms with Crippen molar-refractivity contribution in [2.45, 2.75) is 58.6 Å². The van der Waals surface area contributed by atoms with E-state index in [9.17, 15) is 4.79 Å². The number of amides is 1. The molecule has 0 aromatic heterocycles. The molecule has 0 unspecified atom stereocenters. The molecule has 2 N–H and O–H groups in total. The van der Waals surface area contributed by atoms with Gasteiger partial charge in [0.1, 0.15) is 5.60 Å². The standard InChI is InChI=1S/C13H26N2O2/c1-12(2,3)17-11(16)15-13(4,5)9-14-8-10-6-7-10/h10,14H,6-9H2,1-5H3,(H,15,16). The number of hydrogen-bond donors (Lipinski definition) is 2. The summed E-state index contributed by atoms with van der Waals surface area (Å²) in [6, 6.07) is 0. The fourth-order valence-corrected chi connectivity index (χ4v) is 1.53. The molecule has 1 aliphatic rings. The maximum atomic E-state index is 11.6. The van der Waals surface area contributed by atoms with E-state index in [1.54, 1.807) is 0 Å². The number of carbonyl (C=O) groups is 1. The lowest BCUT2D eigenvalue weighted by Gasteiger charge is -2.29. The molecule has 1 saturated carbocycles. The Morgan fingerprint density at radius 2 is 1.82 bits per heavy atom. The largest absolute Gasteiger partial charge is 0.444 e. The molecule has 0 saturated heterocycles. The van der Waals surface area contributed by atoms with Gasteiger partial charge in [0.2, 0.25) is 0 Å². The molecule has 0 radical (unpaired) electrons. The lowest BCUT2D eigenvalue weighted by molar-refractivity contribution is 0.0472. The normalized spacial score (nSPS) is 16.8. The smallest absolute Gasteiger partial charge is 0.408 e. The lowest BCUT2D eigenvalue weighted by atomic mass is 10.1. The first-order valence-corrected chi connectivity index (χ1v) is 6.40. The van der Waals surface area contributed by atoms with E-state index < -0.39 is 5.60 Å². The van der Waals surface area contributed by atoms with Crippen LogP contribution in [0.5, 0.6) is 0 Å². The van der Waals surface area contributed by atoms with E-state index in [1.165, 1.54) is 12.8 Å². The highest BCUT2D eigenvalue weighted by Gasteiger charge is 2.26. The van der Waals surface area contributed by atoms with Crippen LogP contribution in [0.1, 0.15) is 47.5 Å². The summed E-state index contributed by atoms with van der Waals surface area (Å²) in [5, 5.41) is 6.27. The Morgan fingerprint density at radius 3 is 2.29 bits per heavy atom. The predicted molar refractivity (Wildman–Crippen MR) is 69.0 cm³/mol. The van der Waals surface area contributed by atoms with Gasteiger partial charge < -0.3 is 15.4 Å². The van der Waals surface area contributed by atoms with Gasteiger partial charge in [-0.15, -0.1) is 0 Å². The molecule has 0 atom stereocenters. The molecule has 1 fully saturated rings. The van der Waals surface area contributed by atoms with Gasteiger partial charge in [-0.1, -0.05) is 0 Å². The van der Waals surface area contributed by atoms with Crippen molar-refractivity contribution in [1.29, 1.82) is 0 Å². The molecule has 0 aromatic carbocycles. The summed E-state index contributed by atoms with van der Waals surface area (Å²) in [7, 11) is 0. The van der Waals surface area contributed by atoms with Crippen molar-refractivity contribution >= 4 is 6.09 Å². The van der Waals surface area contributed by atoms with Gasteiger partial charge in [0.25, 0.3) is 0 Å². The summed E-state index contributed by atoms with van der Waals surface area (Å²) in [5.74, 6) is 0.854.